The molecule has 0 saturated carbocycles. The quantitative estimate of drug-likeness (QED) is 0.227. The van der Waals surface area contributed by atoms with Crippen LogP contribution in [-0.4, -0.2) is 22.2 Å². The highest BCUT2D eigenvalue weighted by atomic mass is 31.1. The van der Waals surface area contributed by atoms with E-state index in [4.69, 9.17) is 21.3 Å². The van der Waals surface area contributed by atoms with Gasteiger partial charge >= 0.3 is 16.5 Å². The predicted octanol–water partition coefficient (Wildman–Crippen LogP) is 0.473. The van der Waals surface area contributed by atoms with Crippen molar-refractivity contribution in [2.45, 2.75) is 18.7 Å². The highest BCUT2D eigenvalue weighted by Gasteiger charge is 2.32. The van der Waals surface area contributed by atoms with Crippen LogP contribution >= 0.6 is 16.5 Å². The predicted molar refractivity (Wildman–Crippen MR) is 58.3 cm³/mol. The Bertz CT molecular complexity index is 237. The summed E-state index contributed by atoms with van der Waals surface area (Å²) in [4.78, 5) is 16.6. The van der Waals surface area contributed by atoms with Gasteiger partial charge in [0.05, 0.1) is 0 Å². The van der Waals surface area contributed by atoms with Crippen LogP contribution in [0.2, 0.25) is 0 Å². The molecule has 0 bridgehead atoms. The molecule has 0 aliphatic rings. The van der Waals surface area contributed by atoms with Crippen molar-refractivity contribution in [3.63, 3.8) is 0 Å². The van der Waals surface area contributed by atoms with E-state index in [9.17, 15) is 9.13 Å². The highest BCUT2D eigenvalue weighted by Crippen LogP contribution is 2.23. The van der Waals surface area contributed by atoms with Crippen molar-refractivity contribution in [3.05, 3.63) is 13.2 Å². The van der Waals surface area contributed by atoms with Crippen molar-refractivity contribution < 1.29 is 28.0 Å². The molecule has 0 amide bonds. The molecule has 16 heavy (non-hydrogen) atoms. The van der Waals surface area contributed by atoms with Gasteiger partial charge in [-0.1, -0.05) is 4.52 Å². The Morgan fingerprint density at radius 2 is 1.69 bits per heavy atom. The third-order valence-electron chi connectivity index (χ3n) is 1.16. The summed E-state index contributed by atoms with van der Waals surface area (Å²) in [6.45, 7) is 5.97. The molecule has 0 aromatic carbocycles. The van der Waals surface area contributed by atoms with Gasteiger partial charge in [-0.25, -0.2) is 0 Å². The van der Waals surface area contributed by atoms with Crippen LogP contribution in [-0.2, 0) is 18.2 Å². The molecule has 0 aromatic rings. The van der Waals surface area contributed by atoms with E-state index >= 15 is 0 Å². The van der Waals surface area contributed by atoms with Gasteiger partial charge in [-0.05, 0) is 6.42 Å². The molecular weight excluding hydrogens is 258 g/mol. The van der Waals surface area contributed by atoms with Gasteiger partial charge in [0.2, 0.25) is 5.85 Å². The van der Waals surface area contributed by atoms with Crippen LogP contribution in [0.15, 0.2) is 13.2 Å². The zero-order valence-corrected chi connectivity index (χ0v) is 10.4. The van der Waals surface area contributed by atoms with Crippen molar-refractivity contribution in [3.8, 4) is 0 Å². The molecule has 0 rings (SSSR count). The molecule has 94 valence electrons. The maximum absolute atomic E-state index is 10.2. The summed E-state index contributed by atoms with van der Waals surface area (Å²) in [5.74, 6) is -1.73. The Morgan fingerprint density at radius 1 is 1.19 bits per heavy atom. The van der Waals surface area contributed by atoms with E-state index in [1.165, 1.54) is 0 Å². The lowest BCUT2D eigenvalue weighted by Gasteiger charge is -2.14. The Labute approximate surface area is 95.1 Å². The first-order chi connectivity index (χ1) is 7.33. The lowest BCUT2D eigenvalue weighted by Crippen LogP contribution is -2.50. The van der Waals surface area contributed by atoms with Crippen LogP contribution in [0.1, 0.15) is 12.8 Å². The molecule has 0 aliphatic carbocycles. The van der Waals surface area contributed by atoms with E-state index in [0.29, 0.717) is 0 Å². The van der Waals surface area contributed by atoms with Crippen LogP contribution < -0.4 is 11.5 Å². The van der Waals surface area contributed by atoms with E-state index in [-0.39, 0.29) is 19.4 Å². The van der Waals surface area contributed by atoms with E-state index in [2.05, 4.69) is 22.2 Å². The summed E-state index contributed by atoms with van der Waals surface area (Å²) < 4.78 is 28.8. The minimum Gasteiger partial charge on any atom is -0.287 e. The number of hydrogen-bond donors (Lipinski definition) is 4. The van der Waals surface area contributed by atoms with Gasteiger partial charge in [-0.15, -0.1) is 27.5 Å². The van der Waals surface area contributed by atoms with Gasteiger partial charge in [0.15, 0.2) is 0 Å². The van der Waals surface area contributed by atoms with E-state index in [1.807, 2.05) is 0 Å². The second-order valence-corrected chi connectivity index (χ2v) is 3.85. The largest absolute Gasteiger partial charge is 0.698 e. The molecule has 0 aliphatic heterocycles. The molecule has 2 atom stereocenters. The molecule has 10 heteroatoms. The van der Waals surface area contributed by atoms with Crippen LogP contribution in [0.4, 0.5) is 0 Å². The minimum atomic E-state index is -2.87. The van der Waals surface area contributed by atoms with Crippen LogP contribution in [0.3, 0.4) is 0 Å². The fourth-order valence-electron chi connectivity index (χ4n) is 0.682. The fourth-order valence-corrected chi connectivity index (χ4v) is 1.35. The Balaban J connectivity index is 0. The maximum atomic E-state index is 10.2. The summed E-state index contributed by atoms with van der Waals surface area (Å²) in [5.41, 5.74) is 10.5. The Hall–Kier alpha value is -0.300. The third-order valence-corrected chi connectivity index (χ3v) is 2.06. The summed E-state index contributed by atoms with van der Waals surface area (Å²) >= 11 is 0. The highest BCUT2D eigenvalue weighted by molar-refractivity contribution is 7.32. The van der Waals surface area contributed by atoms with E-state index < -0.39 is 22.4 Å². The SMILES string of the molecule is C=C.NC(N)(CCCO[P+](=O)O)O[P+](=O)O. The second kappa shape index (κ2) is 9.89. The third kappa shape index (κ3) is 13.7. The summed E-state index contributed by atoms with van der Waals surface area (Å²) in [5, 5.41) is 0. The molecule has 0 heterocycles. The number of hydrogen-bond acceptors (Lipinski definition) is 6. The number of rotatable bonds is 7. The Kier molecular flexibility index (Phi) is 11.2. The van der Waals surface area contributed by atoms with Gasteiger partial charge in [-0.2, -0.15) is 0 Å². The summed E-state index contributed by atoms with van der Waals surface area (Å²) in [6, 6.07) is 0. The van der Waals surface area contributed by atoms with E-state index in [0.717, 1.165) is 0 Å². The van der Waals surface area contributed by atoms with Gasteiger partial charge in [0.1, 0.15) is 6.61 Å². The first-order valence-electron chi connectivity index (χ1n) is 4.05. The fraction of sp³-hybridized carbons (Fsp3) is 0.667. The van der Waals surface area contributed by atoms with Crippen LogP contribution in [0, 0.1) is 0 Å². The van der Waals surface area contributed by atoms with Crippen molar-refractivity contribution in [2.75, 3.05) is 6.61 Å². The monoisotopic (exact) mass is 274 g/mol. The van der Waals surface area contributed by atoms with Gasteiger partial charge < -0.3 is 0 Å². The maximum Gasteiger partial charge on any atom is 0.698 e. The normalized spacial score (nSPS) is 12.5. The number of nitrogens with two attached hydrogens (primary N) is 2. The average Bonchev–Trinajstić information content (AvgIpc) is 2.13. The van der Waals surface area contributed by atoms with Crippen LogP contribution in [0.25, 0.3) is 0 Å². The zero-order valence-electron chi connectivity index (χ0n) is 8.61. The Morgan fingerprint density at radius 3 is 2.06 bits per heavy atom. The standard InChI is InChI=1S/C4H10N2O6P2.C2H4/c5-4(6,12-14(9)10)2-1-3-11-13(7)8;1-2/h1-3,5-6H2;1-2H2/p+2. The lowest BCUT2D eigenvalue weighted by atomic mass is 10.2. The van der Waals surface area contributed by atoms with Crippen LogP contribution in [0.5, 0.6) is 0 Å². The minimum absolute atomic E-state index is 0.0256. The zero-order chi connectivity index (χ0) is 13.2. The summed E-state index contributed by atoms with van der Waals surface area (Å²) in [6.07, 6.45) is 0.260. The molecule has 0 fully saturated rings. The van der Waals surface area contributed by atoms with Gasteiger partial charge in [-0.3, -0.25) is 11.5 Å². The molecule has 6 N–H and O–H groups in total. The average molecular weight is 274 g/mol. The molecular formula is C6H16N2O6P2+2. The lowest BCUT2D eigenvalue weighted by molar-refractivity contribution is 0.0621. The molecule has 0 radical (unpaired) electrons. The van der Waals surface area contributed by atoms with Crippen molar-refractivity contribution in [2.24, 2.45) is 11.5 Å². The molecule has 0 aromatic heterocycles. The van der Waals surface area contributed by atoms with Crippen molar-refractivity contribution in [1.82, 2.24) is 0 Å². The topological polar surface area (TPSA) is 145 Å². The van der Waals surface area contributed by atoms with E-state index in [1.54, 1.807) is 0 Å². The summed E-state index contributed by atoms with van der Waals surface area (Å²) in [7, 11) is -5.51. The first kappa shape index (κ1) is 18.1. The molecule has 2 unspecified atom stereocenters. The smallest absolute Gasteiger partial charge is 0.287 e. The molecule has 8 nitrogen and oxygen atoms in total. The van der Waals surface area contributed by atoms with Gasteiger partial charge in [0.25, 0.3) is 0 Å². The van der Waals surface area contributed by atoms with Gasteiger partial charge in [0, 0.05) is 15.6 Å². The molecule has 0 spiro atoms. The van der Waals surface area contributed by atoms with Crippen molar-refractivity contribution in [1.29, 1.82) is 0 Å². The molecule has 0 saturated heterocycles. The first-order valence-corrected chi connectivity index (χ1v) is 6.31. The second-order valence-electron chi connectivity index (χ2n) is 2.46. The van der Waals surface area contributed by atoms with Crippen molar-refractivity contribution >= 4 is 16.5 Å².